The van der Waals surface area contributed by atoms with Crippen LogP contribution in [0.4, 0.5) is 5.69 Å². The fourth-order valence-electron chi connectivity index (χ4n) is 1.68. The lowest BCUT2D eigenvalue weighted by Gasteiger charge is -2.18. The van der Waals surface area contributed by atoms with Crippen LogP contribution in [0.3, 0.4) is 0 Å². The summed E-state index contributed by atoms with van der Waals surface area (Å²) in [6, 6.07) is 6.15. The Kier molecular flexibility index (Phi) is 3.92. The largest absolute Gasteiger partial charge is 0.398 e. The third-order valence-electron chi connectivity index (χ3n) is 2.28. The number of nitrogens with zero attached hydrogens (tertiary/aromatic N) is 1. The van der Waals surface area contributed by atoms with Gasteiger partial charge in [0.1, 0.15) is 0 Å². The van der Waals surface area contributed by atoms with Gasteiger partial charge in [0.2, 0.25) is 0 Å². The number of likely N-dealkylation sites (N-methyl/N-ethyl adjacent to an activating group) is 1. The van der Waals surface area contributed by atoms with Gasteiger partial charge >= 0.3 is 0 Å². The summed E-state index contributed by atoms with van der Waals surface area (Å²) in [5.41, 5.74) is 10.4. The summed E-state index contributed by atoms with van der Waals surface area (Å²) < 4.78 is 0. The first-order valence-electron chi connectivity index (χ1n) is 5.17. The van der Waals surface area contributed by atoms with E-state index in [1.807, 2.05) is 19.1 Å². The van der Waals surface area contributed by atoms with E-state index in [9.17, 15) is 0 Å². The standard InChI is InChI=1S/C13H20N2/c1-10(2)8-15(4)9-12-7-11(3)5-6-13(12)14/h5-7H,1,8-9,14H2,2-4H3. The second-order valence-electron chi connectivity index (χ2n) is 4.33. The van der Waals surface area contributed by atoms with E-state index in [4.69, 9.17) is 5.73 Å². The van der Waals surface area contributed by atoms with Gasteiger partial charge in [0.25, 0.3) is 0 Å². The summed E-state index contributed by atoms with van der Waals surface area (Å²) in [7, 11) is 2.08. The van der Waals surface area contributed by atoms with E-state index in [-0.39, 0.29) is 0 Å². The van der Waals surface area contributed by atoms with Crippen LogP contribution >= 0.6 is 0 Å². The number of nitrogen functional groups attached to an aromatic ring is 1. The predicted octanol–water partition coefficient (Wildman–Crippen LogP) is 2.59. The number of benzene rings is 1. The first-order chi connectivity index (χ1) is 6.99. The highest BCUT2D eigenvalue weighted by Crippen LogP contribution is 2.15. The Hall–Kier alpha value is -1.28. The van der Waals surface area contributed by atoms with Gasteiger partial charge in [-0.2, -0.15) is 0 Å². The van der Waals surface area contributed by atoms with Crippen LogP contribution in [0.15, 0.2) is 30.4 Å². The number of hydrogen-bond donors (Lipinski definition) is 1. The Morgan fingerprint density at radius 3 is 2.73 bits per heavy atom. The van der Waals surface area contributed by atoms with E-state index in [2.05, 4.69) is 31.5 Å². The Balaban J connectivity index is 2.71. The molecular formula is C13H20N2. The van der Waals surface area contributed by atoms with E-state index >= 15 is 0 Å². The van der Waals surface area contributed by atoms with Crippen molar-refractivity contribution in [3.8, 4) is 0 Å². The fourth-order valence-corrected chi connectivity index (χ4v) is 1.68. The maximum absolute atomic E-state index is 5.92. The molecule has 0 atom stereocenters. The minimum atomic E-state index is 0.870. The summed E-state index contributed by atoms with van der Waals surface area (Å²) >= 11 is 0. The molecule has 0 aromatic heterocycles. The van der Waals surface area contributed by atoms with Crippen molar-refractivity contribution < 1.29 is 0 Å². The molecule has 1 aromatic rings. The lowest BCUT2D eigenvalue weighted by Crippen LogP contribution is -2.20. The summed E-state index contributed by atoms with van der Waals surface area (Å²) in [4.78, 5) is 2.22. The summed E-state index contributed by atoms with van der Waals surface area (Å²) in [5.74, 6) is 0. The van der Waals surface area contributed by atoms with Gasteiger partial charge in [-0.1, -0.05) is 29.8 Å². The van der Waals surface area contributed by atoms with E-state index in [1.54, 1.807) is 0 Å². The molecule has 1 aromatic carbocycles. The van der Waals surface area contributed by atoms with Gasteiger partial charge in [0, 0.05) is 18.8 Å². The molecule has 0 unspecified atom stereocenters. The normalized spacial score (nSPS) is 10.7. The molecule has 0 aliphatic carbocycles. The summed E-state index contributed by atoms with van der Waals surface area (Å²) in [6.45, 7) is 9.81. The lowest BCUT2D eigenvalue weighted by atomic mass is 10.1. The smallest absolute Gasteiger partial charge is 0.0359 e. The molecule has 0 amide bonds. The van der Waals surface area contributed by atoms with Gasteiger partial charge in [-0.05, 0) is 32.5 Å². The molecule has 0 spiro atoms. The van der Waals surface area contributed by atoms with Crippen LogP contribution in [-0.2, 0) is 6.54 Å². The average Bonchev–Trinajstić information content (AvgIpc) is 2.10. The fraction of sp³-hybridized carbons (Fsp3) is 0.385. The summed E-state index contributed by atoms with van der Waals surface area (Å²) in [6.07, 6.45) is 0. The van der Waals surface area contributed by atoms with Crippen LogP contribution in [0.5, 0.6) is 0 Å². The van der Waals surface area contributed by atoms with E-state index in [0.717, 1.165) is 18.8 Å². The van der Waals surface area contributed by atoms with Crippen LogP contribution < -0.4 is 5.73 Å². The monoisotopic (exact) mass is 204 g/mol. The van der Waals surface area contributed by atoms with Crippen LogP contribution in [0, 0.1) is 6.92 Å². The second-order valence-corrected chi connectivity index (χ2v) is 4.33. The summed E-state index contributed by atoms with van der Waals surface area (Å²) in [5, 5.41) is 0. The van der Waals surface area contributed by atoms with Gasteiger partial charge < -0.3 is 5.73 Å². The van der Waals surface area contributed by atoms with E-state index in [0.29, 0.717) is 0 Å². The van der Waals surface area contributed by atoms with Crippen molar-refractivity contribution in [2.24, 2.45) is 0 Å². The van der Waals surface area contributed by atoms with Crippen molar-refractivity contribution in [1.29, 1.82) is 0 Å². The van der Waals surface area contributed by atoms with Crippen LogP contribution in [0.2, 0.25) is 0 Å². The molecule has 2 N–H and O–H groups in total. The molecule has 2 nitrogen and oxygen atoms in total. The second kappa shape index (κ2) is 4.99. The molecule has 0 radical (unpaired) electrons. The number of aryl methyl sites for hydroxylation is 1. The predicted molar refractivity (Wildman–Crippen MR) is 66.7 cm³/mol. The van der Waals surface area contributed by atoms with Gasteiger partial charge in [-0.15, -0.1) is 0 Å². The Morgan fingerprint density at radius 1 is 1.47 bits per heavy atom. The van der Waals surface area contributed by atoms with Crippen molar-refractivity contribution >= 4 is 5.69 Å². The molecule has 0 saturated carbocycles. The Labute approximate surface area is 92.4 Å². The quantitative estimate of drug-likeness (QED) is 0.603. The molecule has 0 heterocycles. The highest BCUT2D eigenvalue weighted by molar-refractivity contribution is 5.48. The highest BCUT2D eigenvalue weighted by atomic mass is 15.1. The molecule has 82 valence electrons. The van der Waals surface area contributed by atoms with Gasteiger partial charge in [-0.25, -0.2) is 0 Å². The van der Waals surface area contributed by atoms with Crippen molar-refractivity contribution in [3.05, 3.63) is 41.5 Å². The van der Waals surface area contributed by atoms with Crippen molar-refractivity contribution in [3.63, 3.8) is 0 Å². The zero-order chi connectivity index (χ0) is 11.4. The zero-order valence-corrected chi connectivity index (χ0v) is 9.88. The van der Waals surface area contributed by atoms with Crippen molar-refractivity contribution in [2.75, 3.05) is 19.3 Å². The molecule has 0 bridgehead atoms. The molecule has 15 heavy (non-hydrogen) atoms. The van der Waals surface area contributed by atoms with E-state index < -0.39 is 0 Å². The number of nitrogens with two attached hydrogens (primary N) is 1. The number of rotatable bonds is 4. The SMILES string of the molecule is C=C(C)CN(C)Cc1cc(C)ccc1N. The van der Waals surface area contributed by atoms with Crippen LogP contribution in [-0.4, -0.2) is 18.5 Å². The Morgan fingerprint density at radius 2 is 2.13 bits per heavy atom. The topological polar surface area (TPSA) is 29.3 Å². The van der Waals surface area contributed by atoms with Crippen molar-refractivity contribution in [2.45, 2.75) is 20.4 Å². The third kappa shape index (κ3) is 3.76. The maximum atomic E-state index is 5.92. The van der Waals surface area contributed by atoms with Crippen molar-refractivity contribution in [1.82, 2.24) is 4.90 Å². The number of anilines is 1. The van der Waals surface area contributed by atoms with E-state index in [1.165, 1.54) is 16.7 Å². The molecule has 0 aliphatic heterocycles. The lowest BCUT2D eigenvalue weighted by molar-refractivity contribution is 0.356. The van der Waals surface area contributed by atoms with Gasteiger partial charge in [0.15, 0.2) is 0 Å². The molecule has 0 saturated heterocycles. The maximum Gasteiger partial charge on any atom is 0.0359 e. The van der Waals surface area contributed by atoms with Crippen LogP contribution in [0.25, 0.3) is 0 Å². The minimum Gasteiger partial charge on any atom is -0.398 e. The molecular weight excluding hydrogens is 184 g/mol. The molecule has 1 rings (SSSR count). The molecule has 2 heteroatoms. The van der Waals surface area contributed by atoms with Crippen LogP contribution in [0.1, 0.15) is 18.1 Å². The highest BCUT2D eigenvalue weighted by Gasteiger charge is 2.03. The van der Waals surface area contributed by atoms with Gasteiger partial charge in [0.05, 0.1) is 0 Å². The average molecular weight is 204 g/mol. The minimum absolute atomic E-state index is 0.870. The first-order valence-corrected chi connectivity index (χ1v) is 5.17. The molecule has 0 fully saturated rings. The third-order valence-corrected chi connectivity index (χ3v) is 2.28. The number of hydrogen-bond acceptors (Lipinski definition) is 2. The van der Waals surface area contributed by atoms with Gasteiger partial charge in [-0.3, -0.25) is 4.90 Å². The first kappa shape index (κ1) is 11.8. The molecule has 0 aliphatic rings. The Bertz CT molecular complexity index is 356. The zero-order valence-electron chi connectivity index (χ0n) is 9.88.